The van der Waals surface area contributed by atoms with E-state index in [1.54, 1.807) is 0 Å². The number of piperidine rings is 1. The van der Waals surface area contributed by atoms with Gasteiger partial charge in [-0.25, -0.2) is 0 Å². The molecule has 0 spiro atoms. The summed E-state index contributed by atoms with van der Waals surface area (Å²) >= 11 is 0. The maximum absolute atomic E-state index is 5.98. The molecule has 0 aromatic carbocycles. The van der Waals surface area contributed by atoms with Crippen LogP contribution in [0.1, 0.15) is 32.1 Å². The van der Waals surface area contributed by atoms with Crippen molar-refractivity contribution in [2.75, 3.05) is 13.6 Å². The van der Waals surface area contributed by atoms with Crippen LogP contribution in [0.25, 0.3) is 0 Å². The topological polar surface area (TPSA) is 29.3 Å². The monoisotopic (exact) mass is 168 g/mol. The summed E-state index contributed by atoms with van der Waals surface area (Å²) in [7, 11) is 2.26. The minimum absolute atomic E-state index is 0.479. The molecule has 1 aliphatic heterocycles. The van der Waals surface area contributed by atoms with E-state index in [9.17, 15) is 0 Å². The van der Waals surface area contributed by atoms with Crippen LogP contribution in [0.15, 0.2) is 0 Å². The summed E-state index contributed by atoms with van der Waals surface area (Å²) < 4.78 is 0. The average molecular weight is 168 g/mol. The summed E-state index contributed by atoms with van der Waals surface area (Å²) in [6.07, 6.45) is 6.71. The molecular formula is C10H20N2. The molecule has 0 radical (unpaired) electrons. The lowest BCUT2D eigenvalue weighted by molar-refractivity contribution is 0.0762. The summed E-state index contributed by atoms with van der Waals surface area (Å²) in [4.78, 5) is 2.52. The Morgan fingerprint density at radius 3 is 2.92 bits per heavy atom. The van der Waals surface area contributed by atoms with Crippen LogP contribution in [0.2, 0.25) is 0 Å². The van der Waals surface area contributed by atoms with Gasteiger partial charge in [-0.1, -0.05) is 0 Å². The van der Waals surface area contributed by atoms with Crippen molar-refractivity contribution in [2.24, 2.45) is 11.7 Å². The first-order valence-corrected chi connectivity index (χ1v) is 5.23. The fourth-order valence-electron chi connectivity index (χ4n) is 2.89. The highest BCUT2D eigenvalue weighted by atomic mass is 15.1. The van der Waals surface area contributed by atoms with Gasteiger partial charge in [0.1, 0.15) is 0 Å². The average Bonchev–Trinajstić information content (AvgIpc) is 2.07. The largest absolute Gasteiger partial charge is 0.328 e. The normalized spacial score (nSPS) is 44.0. The Kier molecular flexibility index (Phi) is 2.37. The van der Waals surface area contributed by atoms with Gasteiger partial charge in [-0.3, -0.25) is 0 Å². The van der Waals surface area contributed by atoms with E-state index in [0.717, 1.165) is 12.0 Å². The molecule has 2 fully saturated rings. The number of rotatable bonds is 0. The van der Waals surface area contributed by atoms with Gasteiger partial charge in [0.05, 0.1) is 0 Å². The van der Waals surface area contributed by atoms with Gasteiger partial charge >= 0.3 is 0 Å². The molecule has 0 amide bonds. The van der Waals surface area contributed by atoms with Crippen molar-refractivity contribution >= 4 is 0 Å². The van der Waals surface area contributed by atoms with E-state index in [2.05, 4.69) is 11.9 Å². The molecule has 12 heavy (non-hydrogen) atoms. The van der Waals surface area contributed by atoms with Crippen molar-refractivity contribution in [3.8, 4) is 0 Å². The summed E-state index contributed by atoms with van der Waals surface area (Å²) in [5.41, 5.74) is 5.98. The van der Waals surface area contributed by atoms with Crippen LogP contribution in [-0.4, -0.2) is 30.6 Å². The van der Waals surface area contributed by atoms with Crippen molar-refractivity contribution < 1.29 is 0 Å². The predicted octanol–water partition coefficient (Wildman–Crippen LogP) is 1.21. The van der Waals surface area contributed by atoms with E-state index < -0.39 is 0 Å². The van der Waals surface area contributed by atoms with Crippen molar-refractivity contribution in [3.63, 3.8) is 0 Å². The van der Waals surface area contributed by atoms with E-state index in [-0.39, 0.29) is 0 Å². The Hall–Kier alpha value is -0.0800. The van der Waals surface area contributed by atoms with Gasteiger partial charge in [-0.2, -0.15) is 0 Å². The van der Waals surface area contributed by atoms with Crippen LogP contribution in [0, 0.1) is 5.92 Å². The molecule has 0 aromatic rings. The quantitative estimate of drug-likeness (QED) is 0.589. The highest BCUT2D eigenvalue weighted by Gasteiger charge is 2.33. The Labute approximate surface area is 75.1 Å². The lowest BCUT2D eigenvalue weighted by atomic mass is 9.77. The molecule has 3 unspecified atom stereocenters. The summed E-state index contributed by atoms with van der Waals surface area (Å²) in [5, 5.41) is 0. The highest BCUT2D eigenvalue weighted by molar-refractivity contribution is 4.89. The van der Waals surface area contributed by atoms with Gasteiger partial charge in [0, 0.05) is 12.1 Å². The minimum atomic E-state index is 0.479. The predicted molar refractivity (Wildman–Crippen MR) is 51.0 cm³/mol. The fraction of sp³-hybridized carbons (Fsp3) is 1.00. The first kappa shape index (κ1) is 8.52. The van der Waals surface area contributed by atoms with Crippen LogP contribution in [0.4, 0.5) is 0 Å². The smallest absolute Gasteiger partial charge is 0.0135 e. The van der Waals surface area contributed by atoms with E-state index >= 15 is 0 Å². The molecule has 0 bridgehead atoms. The zero-order valence-electron chi connectivity index (χ0n) is 8.00. The van der Waals surface area contributed by atoms with E-state index in [4.69, 9.17) is 5.73 Å². The second-order valence-corrected chi connectivity index (χ2v) is 4.52. The number of hydrogen-bond donors (Lipinski definition) is 1. The second kappa shape index (κ2) is 3.35. The standard InChI is InChI=1S/C10H20N2/c1-12-6-2-3-8-4-5-9(11)7-10(8)12/h8-10H,2-7,11H2,1H3. The van der Waals surface area contributed by atoms with Crippen molar-refractivity contribution in [1.82, 2.24) is 4.90 Å². The highest BCUT2D eigenvalue weighted by Crippen LogP contribution is 2.33. The number of hydrogen-bond acceptors (Lipinski definition) is 2. The van der Waals surface area contributed by atoms with Gasteiger partial charge in [-0.15, -0.1) is 0 Å². The SMILES string of the molecule is CN1CCCC2CCC(N)CC21. The summed E-state index contributed by atoms with van der Waals surface area (Å²) in [6, 6.07) is 1.29. The Morgan fingerprint density at radius 2 is 2.08 bits per heavy atom. The van der Waals surface area contributed by atoms with Gasteiger partial charge in [0.2, 0.25) is 0 Å². The molecule has 1 saturated carbocycles. The lowest BCUT2D eigenvalue weighted by Crippen LogP contribution is -2.49. The zero-order chi connectivity index (χ0) is 8.55. The molecule has 2 rings (SSSR count). The molecule has 1 heterocycles. The van der Waals surface area contributed by atoms with Gasteiger partial charge in [-0.05, 0) is 51.6 Å². The van der Waals surface area contributed by atoms with Gasteiger partial charge < -0.3 is 10.6 Å². The van der Waals surface area contributed by atoms with E-state index in [1.807, 2.05) is 0 Å². The third-order valence-electron chi connectivity index (χ3n) is 3.65. The van der Waals surface area contributed by atoms with Gasteiger partial charge in [0.25, 0.3) is 0 Å². The molecule has 1 saturated heterocycles. The van der Waals surface area contributed by atoms with E-state index in [0.29, 0.717) is 6.04 Å². The second-order valence-electron chi connectivity index (χ2n) is 4.52. The number of fused-ring (bicyclic) bond motifs is 1. The Balaban J connectivity index is 2.00. The third-order valence-corrected chi connectivity index (χ3v) is 3.65. The lowest BCUT2D eigenvalue weighted by Gasteiger charge is -2.44. The summed E-state index contributed by atoms with van der Waals surface area (Å²) in [6.45, 7) is 1.29. The van der Waals surface area contributed by atoms with Crippen LogP contribution < -0.4 is 5.73 Å². The molecule has 2 N–H and O–H groups in total. The molecular weight excluding hydrogens is 148 g/mol. The first-order chi connectivity index (χ1) is 5.77. The minimum Gasteiger partial charge on any atom is -0.328 e. The fourth-order valence-corrected chi connectivity index (χ4v) is 2.89. The Bertz CT molecular complexity index is 158. The van der Waals surface area contributed by atoms with Crippen molar-refractivity contribution in [1.29, 1.82) is 0 Å². The van der Waals surface area contributed by atoms with Crippen molar-refractivity contribution in [2.45, 2.75) is 44.2 Å². The molecule has 0 aromatic heterocycles. The van der Waals surface area contributed by atoms with E-state index in [1.165, 1.54) is 38.6 Å². The van der Waals surface area contributed by atoms with Crippen molar-refractivity contribution in [3.05, 3.63) is 0 Å². The molecule has 1 aliphatic carbocycles. The van der Waals surface area contributed by atoms with Crippen LogP contribution in [0.3, 0.4) is 0 Å². The van der Waals surface area contributed by atoms with Crippen LogP contribution in [-0.2, 0) is 0 Å². The van der Waals surface area contributed by atoms with Crippen LogP contribution in [0.5, 0.6) is 0 Å². The zero-order valence-corrected chi connectivity index (χ0v) is 8.00. The van der Waals surface area contributed by atoms with Crippen LogP contribution >= 0.6 is 0 Å². The maximum atomic E-state index is 5.98. The molecule has 2 nitrogen and oxygen atoms in total. The molecule has 2 aliphatic rings. The third kappa shape index (κ3) is 1.50. The maximum Gasteiger partial charge on any atom is 0.0135 e. The Morgan fingerprint density at radius 1 is 1.25 bits per heavy atom. The number of nitrogens with two attached hydrogens (primary N) is 1. The first-order valence-electron chi connectivity index (χ1n) is 5.23. The van der Waals surface area contributed by atoms with Gasteiger partial charge in [0.15, 0.2) is 0 Å². The number of nitrogens with zero attached hydrogens (tertiary/aromatic N) is 1. The molecule has 2 heteroatoms. The summed E-state index contributed by atoms with van der Waals surface area (Å²) in [5.74, 6) is 0.962. The number of likely N-dealkylation sites (tertiary alicyclic amines) is 1. The molecule has 3 atom stereocenters. The molecule has 70 valence electrons.